The van der Waals surface area contributed by atoms with Crippen LogP contribution in [0, 0.1) is 0 Å². The number of carboxylic acids is 1. The van der Waals surface area contributed by atoms with Crippen LogP contribution in [-0.4, -0.2) is 79.7 Å². The van der Waals surface area contributed by atoms with Crippen molar-refractivity contribution in [2.24, 2.45) is 0 Å². The fourth-order valence-corrected chi connectivity index (χ4v) is 4.20. The third kappa shape index (κ3) is 23.4. The molecule has 2 N–H and O–H groups in total. The number of esters is 1. The van der Waals surface area contributed by atoms with Gasteiger partial charge in [-0.1, -0.05) is 89.0 Å². The van der Waals surface area contributed by atoms with E-state index in [2.05, 4.69) is 31.2 Å². The highest BCUT2D eigenvalue weighted by Gasteiger charge is 2.30. The van der Waals surface area contributed by atoms with Crippen LogP contribution in [0.3, 0.4) is 0 Å². The third-order valence-corrected chi connectivity index (χ3v) is 6.61. The number of unbranched alkanes of at least 4 members (excludes halogenated alkanes) is 12. The molecule has 0 bridgehead atoms. The van der Waals surface area contributed by atoms with Crippen molar-refractivity contribution in [3.63, 3.8) is 0 Å². The molecule has 0 amide bonds. The van der Waals surface area contributed by atoms with Crippen LogP contribution in [0.4, 0.5) is 0 Å². The summed E-state index contributed by atoms with van der Waals surface area (Å²) in [4.78, 5) is 23.2. The van der Waals surface area contributed by atoms with Crippen LogP contribution in [0.25, 0.3) is 0 Å². The number of carbonyl (C=O) groups excluding carboxylic acids is 1. The normalized spacial score (nSPS) is 13.8. The van der Waals surface area contributed by atoms with Crippen molar-refractivity contribution in [3.05, 3.63) is 24.3 Å². The average Bonchev–Trinajstić information content (AvgIpc) is 2.85. The van der Waals surface area contributed by atoms with Gasteiger partial charge in [0, 0.05) is 12.8 Å². The van der Waals surface area contributed by atoms with Gasteiger partial charge < -0.3 is 24.2 Å². The lowest BCUT2D eigenvalue weighted by atomic mass is 10.1. The maximum Gasteiger partial charge on any atom is 0.362 e. The molecule has 0 rings (SSSR count). The lowest BCUT2D eigenvalue weighted by molar-refractivity contribution is -0.887. The van der Waals surface area contributed by atoms with Crippen LogP contribution in [-0.2, 0) is 19.1 Å². The topological polar surface area (TPSA) is 93.1 Å². The molecule has 7 heteroatoms. The molecule has 7 nitrogen and oxygen atoms in total. The minimum Gasteiger partial charge on any atom is -0.477 e. The number of allylic oxidation sites excluding steroid dienone is 4. The number of hydrogen-bond donors (Lipinski definition) is 2. The predicted octanol–water partition coefficient (Wildman–Crippen LogP) is 6.44. The smallest absolute Gasteiger partial charge is 0.362 e. The van der Waals surface area contributed by atoms with Crippen LogP contribution in [0.1, 0.15) is 110 Å². The van der Waals surface area contributed by atoms with E-state index in [4.69, 9.17) is 9.47 Å². The number of aliphatic hydroxyl groups excluding tert-OH is 1. The molecule has 0 spiro atoms. The Balaban J connectivity index is 3.57. The highest BCUT2D eigenvalue weighted by Crippen LogP contribution is 2.11. The minimum absolute atomic E-state index is 0.0141. The summed E-state index contributed by atoms with van der Waals surface area (Å²) >= 11 is 0. The first-order valence-electron chi connectivity index (χ1n) is 15.0. The third-order valence-electron chi connectivity index (χ3n) is 6.61. The maximum absolute atomic E-state index is 11.9. The van der Waals surface area contributed by atoms with Gasteiger partial charge in [-0.05, 0) is 32.1 Å². The van der Waals surface area contributed by atoms with E-state index in [1.54, 1.807) is 0 Å². The van der Waals surface area contributed by atoms with Gasteiger partial charge in [-0.25, -0.2) is 4.79 Å². The van der Waals surface area contributed by atoms with Crippen molar-refractivity contribution < 1.29 is 33.8 Å². The van der Waals surface area contributed by atoms with Gasteiger partial charge in [-0.3, -0.25) is 4.79 Å². The van der Waals surface area contributed by atoms with E-state index < -0.39 is 18.1 Å². The van der Waals surface area contributed by atoms with E-state index in [-0.39, 0.29) is 25.8 Å². The van der Waals surface area contributed by atoms with Crippen molar-refractivity contribution in [2.45, 2.75) is 122 Å². The first-order chi connectivity index (χ1) is 18.2. The molecular weight excluding hydrogens is 482 g/mol. The zero-order valence-electron chi connectivity index (χ0n) is 24.9. The van der Waals surface area contributed by atoms with E-state index in [0.717, 1.165) is 32.1 Å². The lowest BCUT2D eigenvalue weighted by Crippen LogP contribution is -2.50. The molecule has 0 aromatic rings. The zero-order valence-corrected chi connectivity index (χ0v) is 24.9. The van der Waals surface area contributed by atoms with Crippen LogP contribution < -0.4 is 0 Å². The largest absolute Gasteiger partial charge is 0.477 e. The van der Waals surface area contributed by atoms with Crippen molar-refractivity contribution in [1.82, 2.24) is 0 Å². The van der Waals surface area contributed by atoms with Gasteiger partial charge in [-0.15, -0.1) is 0 Å². The monoisotopic (exact) mass is 540 g/mol. The van der Waals surface area contributed by atoms with E-state index in [1.165, 1.54) is 57.8 Å². The second kappa shape index (κ2) is 24.3. The second-order valence-corrected chi connectivity index (χ2v) is 11.2. The summed E-state index contributed by atoms with van der Waals surface area (Å²) in [5.41, 5.74) is 0. The van der Waals surface area contributed by atoms with Gasteiger partial charge >= 0.3 is 11.9 Å². The number of nitrogens with zero attached hydrogens (tertiary/aromatic N) is 1. The number of carbonyl (C=O) groups is 2. The predicted molar refractivity (Wildman–Crippen MR) is 155 cm³/mol. The number of quaternary nitrogens is 1. The van der Waals surface area contributed by atoms with Crippen molar-refractivity contribution >= 4 is 11.9 Å². The molecule has 0 fully saturated rings. The van der Waals surface area contributed by atoms with Gasteiger partial charge in [0.2, 0.25) is 0 Å². The molecule has 0 aromatic heterocycles. The molecule has 0 aromatic carbocycles. The summed E-state index contributed by atoms with van der Waals surface area (Å²) < 4.78 is 10.8. The Kier molecular flexibility index (Phi) is 23.3. The Morgan fingerprint density at radius 3 is 1.84 bits per heavy atom. The van der Waals surface area contributed by atoms with Gasteiger partial charge in [-0.2, -0.15) is 0 Å². The Bertz CT molecular complexity index is 641. The van der Waals surface area contributed by atoms with Crippen molar-refractivity contribution in [3.8, 4) is 0 Å². The lowest BCUT2D eigenvalue weighted by Gasteiger charge is -2.31. The van der Waals surface area contributed by atoms with Gasteiger partial charge in [0.05, 0.1) is 34.4 Å². The van der Waals surface area contributed by atoms with Crippen LogP contribution in [0.5, 0.6) is 0 Å². The molecule has 2 unspecified atom stereocenters. The summed E-state index contributed by atoms with van der Waals surface area (Å²) in [6.07, 6.45) is 25.6. The van der Waals surface area contributed by atoms with E-state index in [1.807, 2.05) is 21.1 Å². The molecule has 0 radical (unpaired) electrons. The molecule has 0 aliphatic heterocycles. The molecule has 0 aliphatic rings. The number of hydrogen-bond acceptors (Lipinski definition) is 5. The summed E-state index contributed by atoms with van der Waals surface area (Å²) in [5, 5.41) is 19.2. The summed E-state index contributed by atoms with van der Waals surface area (Å²) in [5.74, 6) is -1.17. The number of ether oxygens (including phenoxy) is 2. The highest BCUT2D eigenvalue weighted by molar-refractivity contribution is 5.72. The Labute approximate surface area is 232 Å². The highest BCUT2D eigenvalue weighted by atomic mass is 16.5. The van der Waals surface area contributed by atoms with E-state index >= 15 is 0 Å². The fourth-order valence-electron chi connectivity index (χ4n) is 4.20. The molecule has 2 atom stereocenters. The van der Waals surface area contributed by atoms with E-state index in [9.17, 15) is 19.8 Å². The zero-order chi connectivity index (χ0) is 28.5. The van der Waals surface area contributed by atoms with Crippen LogP contribution >= 0.6 is 0 Å². The first-order valence-corrected chi connectivity index (χ1v) is 15.0. The number of likely N-dealkylation sites (N-methyl/N-ethyl adjacent to an activating group) is 1. The number of aliphatic carboxylic acids is 1. The average molecular weight is 541 g/mol. The van der Waals surface area contributed by atoms with Crippen molar-refractivity contribution in [1.29, 1.82) is 0 Å². The van der Waals surface area contributed by atoms with E-state index in [0.29, 0.717) is 17.3 Å². The molecule has 0 saturated carbocycles. The number of rotatable bonds is 26. The minimum atomic E-state index is -0.908. The van der Waals surface area contributed by atoms with Crippen LogP contribution in [0.15, 0.2) is 24.3 Å². The second-order valence-electron chi connectivity index (χ2n) is 11.2. The fraction of sp³-hybridized carbons (Fsp3) is 0.806. The van der Waals surface area contributed by atoms with Crippen molar-refractivity contribution in [2.75, 3.05) is 41.0 Å². The standard InChI is InChI=1S/C31H57NO6/c1-5-6-7-8-9-10-11-12-13-14-15-16-17-18-19-20-21-22-23-30(34)38-27-28(33)26-37-25-24-29(31(35)36)32(2,3)4/h13-16,28-29,33H,5-12,17-27H2,1-4H3/p+1/b14-13+,16-15+. The molecule has 38 heavy (non-hydrogen) atoms. The summed E-state index contributed by atoms with van der Waals surface area (Å²) in [6, 6.07) is -0.576. The molecule has 222 valence electrons. The summed E-state index contributed by atoms with van der Waals surface area (Å²) in [6.45, 7) is 2.40. The Morgan fingerprint density at radius 1 is 0.789 bits per heavy atom. The van der Waals surface area contributed by atoms with Gasteiger partial charge in [0.15, 0.2) is 6.04 Å². The molecular formula is C31H58NO6+. The number of aliphatic hydroxyl groups is 1. The quantitative estimate of drug-likeness (QED) is 0.0568. The van der Waals surface area contributed by atoms with Gasteiger partial charge in [0.25, 0.3) is 0 Å². The van der Waals surface area contributed by atoms with Gasteiger partial charge in [0.1, 0.15) is 12.7 Å². The molecule has 0 aliphatic carbocycles. The number of carboxylic acid groups (broad SMARTS) is 1. The molecule has 0 saturated heterocycles. The Morgan fingerprint density at radius 2 is 1.32 bits per heavy atom. The maximum atomic E-state index is 11.9. The summed E-state index contributed by atoms with van der Waals surface area (Å²) in [7, 11) is 5.47. The molecule has 0 heterocycles. The Hall–Kier alpha value is -1.70. The van der Waals surface area contributed by atoms with Crippen LogP contribution in [0.2, 0.25) is 0 Å². The first kappa shape index (κ1) is 36.3. The SMILES string of the molecule is CCCCCCCCC/C=C/C=C/CCCCCCCC(=O)OCC(O)COCCC(C(=O)O)[N+](C)(C)C.